The van der Waals surface area contributed by atoms with E-state index in [-0.39, 0.29) is 5.69 Å². The summed E-state index contributed by atoms with van der Waals surface area (Å²) in [4.78, 5) is 15.3. The summed E-state index contributed by atoms with van der Waals surface area (Å²) in [5.74, 6) is 0.544. The second-order valence-corrected chi connectivity index (χ2v) is 3.84. The number of carboxylic acid groups (broad SMARTS) is 1. The van der Waals surface area contributed by atoms with Gasteiger partial charge in [0.15, 0.2) is 0 Å². The Labute approximate surface area is 98.5 Å². The summed E-state index contributed by atoms with van der Waals surface area (Å²) in [5.41, 5.74) is 1.03. The third-order valence-electron chi connectivity index (χ3n) is 2.61. The maximum atomic E-state index is 11.0. The summed E-state index contributed by atoms with van der Waals surface area (Å²) in [6, 6.07) is 1.62. The second-order valence-electron chi connectivity index (χ2n) is 3.84. The van der Waals surface area contributed by atoms with Gasteiger partial charge in [-0.2, -0.15) is 0 Å². The molecule has 6 nitrogen and oxygen atoms in total. The van der Waals surface area contributed by atoms with Crippen LogP contribution in [0.15, 0.2) is 18.5 Å². The smallest absolute Gasteiger partial charge is 0.352 e. The quantitative estimate of drug-likeness (QED) is 0.836. The van der Waals surface area contributed by atoms with Crippen molar-refractivity contribution in [1.82, 2.24) is 14.1 Å². The molecule has 2 N–H and O–H groups in total. The molecule has 0 amide bonds. The summed E-state index contributed by atoms with van der Waals surface area (Å²) < 4.78 is 3.43. The Balaban J connectivity index is 2.49. The second kappa shape index (κ2) is 3.97. The molecular formula is C11H14N4O2. The van der Waals surface area contributed by atoms with E-state index in [4.69, 9.17) is 5.11 Å². The van der Waals surface area contributed by atoms with Gasteiger partial charge in [-0.15, -0.1) is 0 Å². The van der Waals surface area contributed by atoms with Crippen LogP contribution >= 0.6 is 0 Å². The number of anilines is 1. The molecule has 90 valence electrons. The zero-order valence-electron chi connectivity index (χ0n) is 9.93. The van der Waals surface area contributed by atoms with Gasteiger partial charge in [-0.25, -0.2) is 9.78 Å². The lowest BCUT2D eigenvalue weighted by molar-refractivity contribution is 0.0686. The van der Waals surface area contributed by atoms with Crippen LogP contribution < -0.4 is 5.32 Å². The molecule has 0 aliphatic heterocycles. The Kier molecular flexibility index (Phi) is 2.63. The van der Waals surface area contributed by atoms with Crippen LogP contribution in [0.5, 0.6) is 0 Å². The molecule has 0 aliphatic carbocycles. The lowest BCUT2D eigenvalue weighted by Gasteiger charge is -1.96. The highest BCUT2D eigenvalue weighted by Gasteiger charge is 2.14. The molecular weight excluding hydrogens is 220 g/mol. The SMILES string of the molecule is CNc1cn(C)c(-c2cc(C(=O)O)n(C)c2)n1. The van der Waals surface area contributed by atoms with Crippen LogP contribution in [0.4, 0.5) is 5.82 Å². The number of hydrogen-bond donors (Lipinski definition) is 2. The van der Waals surface area contributed by atoms with Crippen molar-refractivity contribution in [1.29, 1.82) is 0 Å². The summed E-state index contributed by atoms with van der Waals surface area (Å²) in [5, 5.41) is 11.9. The number of hydrogen-bond acceptors (Lipinski definition) is 3. The Hall–Kier alpha value is -2.24. The van der Waals surface area contributed by atoms with Crippen LogP contribution in [0.3, 0.4) is 0 Å². The van der Waals surface area contributed by atoms with E-state index in [1.807, 2.05) is 17.8 Å². The molecule has 2 heterocycles. The number of aryl methyl sites for hydroxylation is 2. The highest BCUT2D eigenvalue weighted by atomic mass is 16.4. The molecule has 0 unspecified atom stereocenters. The molecule has 17 heavy (non-hydrogen) atoms. The van der Waals surface area contributed by atoms with Gasteiger partial charge in [0.1, 0.15) is 17.3 Å². The average molecular weight is 234 g/mol. The van der Waals surface area contributed by atoms with Crippen molar-refractivity contribution in [2.24, 2.45) is 14.1 Å². The van der Waals surface area contributed by atoms with E-state index in [0.717, 1.165) is 17.2 Å². The van der Waals surface area contributed by atoms with Crippen LogP contribution in [0.1, 0.15) is 10.5 Å². The number of carbonyl (C=O) groups is 1. The minimum atomic E-state index is -0.943. The maximum Gasteiger partial charge on any atom is 0.352 e. The molecule has 0 bridgehead atoms. The van der Waals surface area contributed by atoms with Crippen molar-refractivity contribution < 1.29 is 9.90 Å². The first-order chi connectivity index (χ1) is 8.02. The van der Waals surface area contributed by atoms with Gasteiger partial charge in [0.25, 0.3) is 0 Å². The van der Waals surface area contributed by atoms with Crippen molar-refractivity contribution in [2.45, 2.75) is 0 Å². The fraction of sp³-hybridized carbons (Fsp3) is 0.273. The fourth-order valence-corrected chi connectivity index (χ4v) is 1.75. The fourth-order valence-electron chi connectivity index (χ4n) is 1.75. The Morgan fingerprint density at radius 1 is 1.35 bits per heavy atom. The van der Waals surface area contributed by atoms with Crippen molar-refractivity contribution in [2.75, 3.05) is 12.4 Å². The van der Waals surface area contributed by atoms with Gasteiger partial charge in [-0.05, 0) is 6.07 Å². The van der Waals surface area contributed by atoms with Crippen LogP contribution in [-0.2, 0) is 14.1 Å². The van der Waals surface area contributed by atoms with E-state index in [9.17, 15) is 4.79 Å². The van der Waals surface area contributed by atoms with Crippen LogP contribution in [0.25, 0.3) is 11.4 Å². The first-order valence-electron chi connectivity index (χ1n) is 5.14. The number of carboxylic acids is 1. The molecule has 0 radical (unpaired) electrons. The predicted octanol–water partition coefficient (Wildman–Crippen LogP) is 1.17. The minimum absolute atomic E-state index is 0.244. The molecule has 0 spiro atoms. The predicted molar refractivity (Wildman–Crippen MR) is 64.1 cm³/mol. The van der Waals surface area contributed by atoms with Gasteiger partial charge in [0, 0.05) is 39.1 Å². The molecule has 2 aromatic rings. The molecule has 6 heteroatoms. The third kappa shape index (κ3) is 1.89. The summed E-state index contributed by atoms with van der Waals surface area (Å²) in [7, 11) is 5.37. The third-order valence-corrected chi connectivity index (χ3v) is 2.61. The zero-order chi connectivity index (χ0) is 12.6. The largest absolute Gasteiger partial charge is 0.477 e. The zero-order valence-corrected chi connectivity index (χ0v) is 9.93. The monoisotopic (exact) mass is 234 g/mol. The van der Waals surface area contributed by atoms with Gasteiger partial charge in [0.2, 0.25) is 0 Å². The summed E-state index contributed by atoms with van der Waals surface area (Å²) in [6.45, 7) is 0. The maximum absolute atomic E-state index is 11.0. The van der Waals surface area contributed by atoms with Crippen LogP contribution in [0.2, 0.25) is 0 Å². The van der Waals surface area contributed by atoms with Crippen molar-refractivity contribution >= 4 is 11.8 Å². The van der Waals surface area contributed by atoms with Gasteiger partial charge in [-0.3, -0.25) is 0 Å². The molecule has 0 saturated heterocycles. The lowest BCUT2D eigenvalue weighted by atomic mass is 10.3. The number of aromatic carboxylic acids is 1. The number of nitrogens with one attached hydrogen (secondary N) is 1. The summed E-state index contributed by atoms with van der Waals surface area (Å²) >= 11 is 0. The molecule has 0 atom stereocenters. The average Bonchev–Trinajstić information content (AvgIpc) is 2.81. The molecule has 0 aliphatic rings. The Morgan fingerprint density at radius 2 is 2.06 bits per heavy atom. The first-order valence-corrected chi connectivity index (χ1v) is 5.14. The number of aromatic nitrogens is 3. The highest BCUT2D eigenvalue weighted by Crippen LogP contribution is 2.22. The standard InChI is InChI=1S/C11H14N4O2/c1-12-9-6-15(3)10(13-9)7-4-8(11(16)17)14(2)5-7/h4-6,12H,1-3H3,(H,16,17). The molecule has 2 aromatic heterocycles. The van der Waals surface area contributed by atoms with Crippen LogP contribution in [-0.4, -0.2) is 32.2 Å². The van der Waals surface area contributed by atoms with Crippen LogP contribution in [0, 0.1) is 0 Å². The van der Waals surface area contributed by atoms with Crippen molar-refractivity contribution in [3.8, 4) is 11.4 Å². The Morgan fingerprint density at radius 3 is 2.53 bits per heavy atom. The molecule has 0 saturated carbocycles. The molecule has 2 rings (SSSR count). The summed E-state index contributed by atoms with van der Waals surface area (Å²) in [6.07, 6.45) is 3.61. The Bertz CT molecular complexity index is 568. The van der Waals surface area contributed by atoms with E-state index in [1.165, 1.54) is 0 Å². The number of nitrogens with zero attached hydrogens (tertiary/aromatic N) is 3. The topological polar surface area (TPSA) is 72.1 Å². The van der Waals surface area contributed by atoms with Gasteiger partial charge in [-0.1, -0.05) is 0 Å². The minimum Gasteiger partial charge on any atom is -0.477 e. The first kappa shape index (κ1) is 11.3. The normalized spacial score (nSPS) is 10.5. The number of imidazole rings is 1. The van der Waals surface area contributed by atoms with E-state index in [2.05, 4.69) is 10.3 Å². The van der Waals surface area contributed by atoms with Gasteiger partial charge >= 0.3 is 5.97 Å². The van der Waals surface area contributed by atoms with E-state index < -0.39 is 5.97 Å². The highest BCUT2D eigenvalue weighted by molar-refractivity contribution is 5.87. The van der Waals surface area contributed by atoms with Crippen molar-refractivity contribution in [3.05, 3.63) is 24.2 Å². The van der Waals surface area contributed by atoms with Gasteiger partial charge in [0.05, 0.1) is 0 Å². The van der Waals surface area contributed by atoms with Crippen molar-refractivity contribution in [3.63, 3.8) is 0 Å². The molecule has 0 fully saturated rings. The molecule has 0 aromatic carbocycles. The number of rotatable bonds is 3. The van der Waals surface area contributed by atoms with Gasteiger partial charge < -0.3 is 19.6 Å². The van der Waals surface area contributed by atoms with E-state index in [0.29, 0.717) is 0 Å². The van der Waals surface area contributed by atoms with E-state index in [1.54, 1.807) is 30.9 Å². The van der Waals surface area contributed by atoms with E-state index >= 15 is 0 Å². The lowest BCUT2D eigenvalue weighted by Crippen LogP contribution is -2.02.